The second kappa shape index (κ2) is 11.5. The van der Waals surface area contributed by atoms with Gasteiger partial charge in [0.05, 0.1) is 35.5 Å². The Morgan fingerprint density at radius 1 is 1.05 bits per heavy atom. The number of fused-ring (bicyclic) bond motifs is 1. The van der Waals surface area contributed by atoms with Crippen molar-refractivity contribution in [3.63, 3.8) is 0 Å². The Morgan fingerprint density at radius 3 is 2.59 bits per heavy atom. The van der Waals surface area contributed by atoms with Gasteiger partial charge in [0.15, 0.2) is 5.13 Å². The molecule has 4 aromatic rings. The van der Waals surface area contributed by atoms with Crippen LogP contribution in [0.5, 0.6) is 11.5 Å². The standard InChI is InChI=1S/C30H27ClN2O5S/c1-3-4-5-15-38-21-12-9-18(10-13-21)26-25(27(34)19-7-6-8-22(16-19)37-2)28(35)29(36)33(26)30-32-23-14-11-20(31)17-24(23)39-30/h6-14,16-17,26,34H,3-5,15H2,1-2H3. The molecule has 2 heterocycles. The van der Waals surface area contributed by atoms with Crippen LogP contribution in [0.1, 0.15) is 43.4 Å². The second-order valence-electron chi connectivity index (χ2n) is 9.13. The van der Waals surface area contributed by atoms with Crippen LogP contribution in [0.3, 0.4) is 0 Å². The molecule has 7 nitrogen and oxygen atoms in total. The van der Waals surface area contributed by atoms with Crippen molar-refractivity contribution in [1.82, 2.24) is 4.98 Å². The molecule has 1 atom stereocenters. The molecular weight excluding hydrogens is 536 g/mol. The fourth-order valence-corrected chi connectivity index (χ4v) is 5.82. The van der Waals surface area contributed by atoms with E-state index in [1.807, 2.05) is 24.3 Å². The highest BCUT2D eigenvalue weighted by molar-refractivity contribution is 7.22. The number of rotatable bonds is 9. The number of ether oxygens (including phenoxy) is 2. The summed E-state index contributed by atoms with van der Waals surface area (Å²) in [6.07, 6.45) is 3.15. The molecule has 1 unspecified atom stereocenters. The molecule has 200 valence electrons. The monoisotopic (exact) mass is 562 g/mol. The topological polar surface area (TPSA) is 89.0 Å². The first kappa shape index (κ1) is 26.7. The van der Waals surface area contributed by atoms with Crippen molar-refractivity contribution in [2.45, 2.75) is 32.2 Å². The summed E-state index contributed by atoms with van der Waals surface area (Å²) in [4.78, 5) is 32.9. The average molecular weight is 563 g/mol. The number of unbranched alkanes of at least 4 members (excludes halogenated alkanes) is 2. The third-order valence-corrected chi connectivity index (χ3v) is 7.80. The highest BCUT2D eigenvalue weighted by Gasteiger charge is 2.48. The Kier molecular flexibility index (Phi) is 7.86. The van der Waals surface area contributed by atoms with Crippen molar-refractivity contribution in [1.29, 1.82) is 0 Å². The van der Waals surface area contributed by atoms with Gasteiger partial charge in [-0.3, -0.25) is 14.5 Å². The number of ketones is 1. The van der Waals surface area contributed by atoms with Crippen LogP contribution < -0.4 is 14.4 Å². The lowest BCUT2D eigenvalue weighted by molar-refractivity contribution is -0.132. The van der Waals surface area contributed by atoms with Crippen LogP contribution >= 0.6 is 22.9 Å². The van der Waals surface area contributed by atoms with Crippen molar-refractivity contribution < 1.29 is 24.2 Å². The first-order chi connectivity index (χ1) is 18.9. The van der Waals surface area contributed by atoms with Crippen molar-refractivity contribution in [2.24, 2.45) is 0 Å². The van der Waals surface area contributed by atoms with Crippen LogP contribution in [0.15, 0.2) is 72.3 Å². The highest BCUT2D eigenvalue weighted by atomic mass is 35.5. The number of aliphatic hydroxyl groups is 1. The van der Waals surface area contributed by atoms with Gasteiger partial charge >= 0.3 is 5.91 Å². The van der Waals surface area contributed by atoms with Gasteiger partial charge in [0.2, 0.25) is 0 Å². The van der Waals surface area contributed by atoms with E-state index in [2.05, 4.69) is 11.9 Å². The number of amides is 1. The van der Waals surface area contributed by atoms with Crippen molar-refractivity contribution >= 4 is 55.7 Å². The van der Waals surface area contributed by atoms with Gasteiger partial charge in [0, 0.05) is 10.6 Å². The largest absolute Gasteiger partial charge is 0.507 e. The highest BCUT2D eigenvalue weighted by Crippen LogP contribution is 2.45. The third kappa shape index (κ3) is 5.35. The molecule has 1 fully saturated rings. The number of nitrogens with zero attached hydrogens (tertiary/aromatic N) is 2. The number of carbonyl (C=O) groups is 2. The molecule has 1 aromatic heterocycles. The minimum absolute atomic E-state index is 0.0258. The average Bonchev–Trinajstić information content (AvgIpc) is 3.48. The summed E-state index contributed by atoms with van der Waals surface area (Å²) in [7, 11) is 1.52. The molecule has 3 aromatic carbocycles. The SMILES string of the molecule is CCCCCOc1ccc(C2C(=C(O)c3cccc(OC)c3)C(=O)C(=O)N2c2nc3ccc(Cl)cc3s2)cc1. The zero-order valence-corrected chi connectivity index (χ0v) is 23.1. The quantitative estimate of drug-likeness (QED) is 0.101. The minimum Gasteiger partial charge on any atom is -0.507 e. The molecule has 1 N–H and O–H groups in total. The summed E-state index contributed by atoms with van der Waals surface area (Å²) in [5, 5.41) is 12.3. The van der Waals surface area contributed by atoms with Gasteiger partial charge in [-0.2, -0.15) is 0 Å². The smallest absolute Gasteiger partial charge is 0.301 e. The maximum atomic E-state index is 13.5. The molecule has 1 aliphatic heterocycles. The maximum absolute atomic E-state index is 13.5. The van der Waals surface area contributed by atoms with E-state index in [0.717, 1.165) is 24.0 Å². The fourth-order valence-electron chi connectivity index (χ4n) is 4.55. The maximum Gasteiger partial charge on any atom is 0.301 e. The van der Waals surface area contributed by atoms with E-state index in [-0.39, 0.29) is 11.3 Å². The number of hydrogen-bond donors (Lipinski definition) is 1. The predicted molar refractivity (Wildman–Crippen MR) is 154 cm³/mol. The molecular formula is C30H27ClN2O5S. The van der Waals surface area contributed by atoms with Crippen LogP contribution in [-0.4, -0.2) is 35.5 Å². The summed E-state index contributed by atoms with van der Waals surface area (Å²) in [5.41, 5.74) is 1.63. The van der Waals surface area contributed by atoms with E-state index in [1.165, 1.54) is 23.3 Å². The Hall–Kier alpha value is -3.88. The van der Waals surface area contributed by atoms with E-state index in [9.17, 15) is 14.7 Å². The van der Waals surface area contributed by atoms with Gasteiger partial charge in [-0.25, -0.2) is 4.98 Å². The molecule has 1 saturated heterocycles. The van der Waals surface area contributed by atoms with Crippen molar-refractivity contribution in [3.8, 4) is 11.5 Å². The summed E-state index contributed by atoms with van der Waals surface area (Å²) in [6.45, 7) is 2.74. The molecule has 0 spiro atoms. The summed E-state index contributed by atoms with van der Waals surface area (Å²) in [6, 6.07) is 18.3. The lowest BCUT2D eigenvalue weighted by atomic mass is 9.95. The number of anilines is 1. The van der Waals surface area contributed by atoms with Crippen LogP contribution in [0.25, 0.3) is 16.0 Å². The Labute approximate surface area is 235 Å². The molecule has 0 radical (unpaired) electrons. The molecule has 39 heavy (non-hydrogen) atoms. The molecule has 9 heteroatoms. The molecule has 0 aliphatic carbocycles. The van der Waals surface area contributed by atoms with E-state index in [0.29, 0.717) is 44.9 Å². The van der Waals surface area contributed by atoms with Crippen LogP contribution in [-0.2, 0) is 9.59 Å². The molecule has 0 bridgehead atoms. The second-order valence-corrected chi connectivity index (χ2v) is 10.6. The number of hydrogen-bond acceptors (Lipinski definition) is 7. The number of aromatic nitrogens is 1. The Morgan fingerprint density at radius 2 is 1.85 bits per heavy atom. The first-order valence-corrected chi connectivity index (χ1v) is 13.8. The Bertz CT molecular complexity index is 1560. The fraction of sp³-hybridized carbons (Fsp3) is 0.233. The molecule has 1 aliphatic rings. The Balaban J connectivity index is 1.61. The summed E-state index contributed by atoms with van der Waals surface area (Å²) in [5.74, 6) is -0.650. The molecule has 1 amide bonds. The van der Waals surface area contributed by atoms with Gasteiger partial charge in [-0.1, -0.05) is 67.0 Å². The van der Waals surface area contributed by atoms with Gasteiger partial charge in [0.1, 0.15) is 17.3 Å². The lowest BCUT2D eigenvalue weighted by Gasteiger charge is -2.23. The number of carbonyl (C=O) groups excluding carboxylic acids is 2. The summed E-state index contributed by atoms with van der Waals surface area (Å²) < 4.78 is 11.9. The van der Waals surface area contributed by atoms with Crippen LogP contribution in [0.2, 0.25) is 5.02 Å². The van der Waals surface area contributed by atoms with E-state index in [4.69, 9.17) is 21.1 Å². The number of thiazole rings is 1. The third-order valence-electron chi connectivity index (χ3n) is 6.55. The van der Waals surface area contributed by atoms with E-state index < -0.39 is 17.7 Å². The van der Waals surface area contributed by atoms with Crippen molar-refractivity contribution in [2.75, 3.05) is 18.6 Å². The normalized spacial score (nSPS) is 16.7. The molecule has 5 rings (SSSR count). The van der Waals surface area contributed by atoms with Gasteiger partial charge in [0.25, 0.3) is 5.78 Å². The predicted octanol–water partition coefficient (Wildman–Crippen LogP) is 7.15. The number of halogens is 1. The number of Topliss-reactive ketones (excluding diaryl/α,β-unsaturated/α-hetero) is 1. The van der Waals surface area contributed by atoms with Crippen molar-refractivity contribution in [3.05, 3.63) is 88.5 Å². The van der Waals surface area contributed by atoms with Gasteiger partial charge in [-0.15, -0.1) is 0 Å². The number of benzene rings is 3. The number of methoxy groups -OCH3 is 1. The number of aliphatic hydroxyl groups excluding tert-OH is 1. The van der Waals surface area contributed by atoms with Gasteiger partial charge < -0.3 is 14.6 Å². The van der Waals surface area contributed by atoms with E-state index in [1.54, 1.807) is 42.5 Å². The zero-order valence-electron chi connectivity index (χ0n) is 21.5. The van der Waals surface area contributed by atoms with Crippen LogP contribution in [0.4, 0.5) is 5.13 Å². The first-order valence-electron chi connectivity index (χ1n) is 12.7. The van der Waals surface area contributed by atoms with Crippen LogP contribution in [0, 0.1) is 0 Å². The minimum atomic E-state index is -0.902. The molecule has 0 saturated carbocycles. The zero-order chi connectivity index (χ0) is 27.5. The van der Waals surface area contributed by atoms with Gasteiger partial charge in [-0.05, 0) is 54.4 Å². The van der Waals surface area contributed by atoms with E-state index >= 15 is 0 Å². The summed E-state index contributed by atoms with van der Waals surface area (Å²) >= 11 is 7.43. The lowest BCUT2D eigenvalue weighted by Crippen LogP contribution is -2.29.